The summed E-state index contributed by atoms with van der Waals surface area (Å²) in [5.74, 6) is 0.460. The molecule has 0 radical (unpaired) electrons. The molecule has 3 rings (SSSR count). The molecule has 0 atom stereocenters. The molecule has 1 heterocycles. The number of benzene rings is 2. The molecule has 1 amide bonds. The smallest absolute Gasteiger partial charge is 0.271 e. The van der Waals surface area contributed by atoms with Crippen molar-refractivity contribution in [3.05, 3.63) is 52.6 Å². The molecule has 0 fully saturated rings. The fraction of sp³-hybridized carbons (Fsp3) is 0.222. The van der Waals surface area contributed by atoms with E-state index in [-0.39, 0.29) is 17.5 Å². The molecule has 7 heteroatoms. The van der Waals surface area contributed by atoms with Crippen LogP contribution in [0.3, 0.4) is 0 Å². The molecule has 1 N–H and O–H groups in total. The second-order valence-electron chi connectivity index (χ2n) is 6.12. The number of non-ortho nitro benzene ring substituents is 1. The van der Waals surface area contributed by atoms with Gasteiger partial charge in [0.15, 0.2) is 5.58 Å². The summed E-state index contributed by atoms with van der Waals surface area (Å²) in [6.07, 6.45) is 0.411. The van der Waals surface area contributed by atoms with Gasteiger partial charge in [-0.3, -0.25) is 14.9 Å². The van der Waals surface area contributed by atoms with Crippen LogP contribution >= 0.6 is 0 Å². The molecule has 25 heavy (non-hydrogen) atoms. The lowest BCUT2D eigenvalue weighted by atomic mass is 10.1. The van der Waals surface area contributed by atoms with E-state index in [1.807, 2.05) is 26.0 Å². The van der Waals surface area contributed by atoms with Crippen LogP contribution < -0.4 is 5.32 Å². The summed E-state index contributed by atoms with van der Waals surface area (Å²) in [4.78, 5) is 26.8. The third kappa shape index (κ3) is 3.65. The monoisotopic (exact) mass is 339 g/mol. The van der Waals surface area contributed by atoms with Gasteiger partial charge in [0.1, 0.15) is 5.52 Å². The number of aromatic nitrogens is 1. The van der Waals surface area contributed by atoms with Crippen LogP contribution in [-0.4, -0.2) is 15.8 Å². The molecule has 3 aromatic rings. The molecule has 0 aliphatic rings. The Morgan fingerprint density at radius 1 is 1.28 bits per heavy atom. The lowest BCUT2D eigenvalue weighted by molar-refractivity contribution is -0.384. The molecule has 0 saturated heterocycles. The van der Waals surface area contributed by atoms with E-state index in [9.17, 15) is 14.9 Å². The molecular weight excluding hydrogens is 322 g/mol. The second-order valence-corrected chi connectivity index (χ2v) is 6.12. The predicted octanol–water partition coefficient (Wildman–Crippen LogP) is 4.39. The zero-order valence-corrected chi connectivity index (χ0v) is 13.9. The number of fused-ring (bicyclic) bond motifs is 1. The number of nitrogens with zero attached hydrogens (tertiary/aromatic N) is 2. The van der Waals surface area contributed by atoms with Crippen LogP contribution in [0.15, 0.2) is 46.9 Å². The number of carbonyl (C=O) groups excluding carboxylic acids is 1. The van der Waals surface area contributed by atoms with Crippen LogP contribution in [0.1, 0.15) is 20.3 Å². The predicted molar refractivity (Wildman–Crippen MR) is 94.2 cm³/mol. The normalized spacial score (nSPS) is 11.0. The lowest BCUT2D eigenvalue weighted by Gasteiger charge is -2.10. The highest BCUT2D eigenvalue weighted by Gasteiger charge is 2.16. The minimum Gasteiger partial charge on any atom is -0.436 e. The van der Waals surface area contributed by atoms with Gasteiger partial charge in [0, 0.05) is 18.6 Å². The number of oxazole rings is 1. The first-order valence-corrected chi connectivity index (χ1v) is 7.88. The summed E-state index contributed by atoms with van der Waals surface area (Å²) < 4.78 is 5.71. The van der Waals surface area contributed by atoms with E-state index >= 15 is 0 Å². The van der Waals surface area contributed by atoms with Gasteiger partial charge in [-0.25, -0.2) is 4.98 Å². The Balaban J connectivity index is 1.97. The van der Waals surface area contributed by atoms with E-state index in [1.54, 1.807) is 12.1 Å². The maximum Gasteiger partial charge on any atom is 0.271 e. The molecule has 0 saturated carbocycles. The summed E-state index contributed by atoms with van der Waals surface area (Å²) in [6.45, 7) is 3.94. The third-order valence-corrected chi connectivity index (χ3v) is 3.61. The summed E-state index contributed by atoms with van der Waals surface area (Å²) in [5, 5.41) is 13.8. The second kappa shape index (κ2) is 6.72. The molecule has 7 nitrogen and oxygen atoms in total. The Hall–Kier alpha value is -3.22. The van der Waals surface area contributed by atoms with Crippen molar-refractivity contribution in [3.63, 3.8) is 0 Å². The van der Waals surface area contributed by atoms with Gasteiger partial charge in [0.25, 0.3) is 5.69 Å². The molecule has 0 aliphatic carbocycles. The summed E-state index contributed by atoms with van der Waals surface area (Å²) in [5.41, 5.74) is 2.01. The SMILES string of the molecule is CC(C)CC(=O)Nc1ccccc1-c1nc2cc([N+](=O)[O-])ccc2o1. The van der Waals surface area contributed by atoms with Crippen LogP contribution in [-0.2, 0) is 4.79 Å². The van der Waals surface area contributed by atoms with Gasteiger partial charge in [-0.05, 0) is 24.1 Å². The number of nitro benzene ring substituents is 1. The number of nitro groups is 1. The fourth-order valence-corrected chi connectivity index (χ4v) is 2.50. The van der Waals surface area contributed by atoms with E-state index in [4.69, 9.17) is 4.42 Å². The van der Waals surface area contributed by atoms with Crippen LogP contribution in [0.25, 0.3) is 22.6 Å². The van der Waals surface area contributed by atoms with Crippen molar-refractivity contribution >= 4 is 28.4 Å². The Bertz CT molecular complexity index is 946. The summed E-state index contributed by atoms with van der Waals surface area (Å²) in [6, 6.07) is 11.4. The van der Waals surface area contributed by atoms with E-state index in [0.29, 0.717) is 34.7 Å². The van der Waals surface area contributed by atoms with E-state index in [2.05, 4.69) is 10.3 Å². The Morgan fingerprint density at radius 3 is 2.76 bits per heavy atom. The zero-order chi connectivity index (χ0) is 18.0. The van der Waals surface area contributed by atoms with Crippen LogP contribution in [0.2, 0.25) is 0 Å². The number of rotatable bonds is 5. The van der Waals surface area contributed by atoms with Gasteiger partial charge in [0.05, 0.1) is 16.2 Å². The Morgan fingerprint density at radius 2 is 2.04 bits per heavy atom. The van der Waals surface area contributed by atoms with Crippen LogP contribution in [0, 0.1) is 16.0 Å². The van der Waals surface area contributed by atoms with Crippen molar-refractivity contribution in [2.75, 3.05) is 5.32 Å². The average molecular weight is 339 g/mol. The number of hydrogen-bond acceptors (Lipinski definition) is 5. The molecule has 0 unspecified atom stereocenters. The van der Waals surface area contributed by atoms with Crippen LogP contribution in [0.4, 0.5) is 11.4 Å². The van der Waals surface area contributed by atoms with E-state index in [0.717, 1.165) is 0 Å². The highest BCUT2D eigenvalue weighted by atomic mass is 16.6. The number of anilines is 1. The maximum absolute atomic E-state index is 12.1. The van der Waals surface area contributed by atoms with Crippen molar-refractivity contribution in [1.29, 1.82) is 0 Å². The topological polar surface area (TPSA) is 98.3 Å². The zero-order valence-electron chi connectivity index (χ0n) is 13.9. The standard InChI is InChI=1S/C18H17N3O4/c1-11(2)9-17(22)19-14-6-4-3-5-13(14)18-20-15-10-12(21(23)24)7-8-16(15)25-18/h3-8,10-11H,9H2,1-2H3,(H,19,22). The summed E-state index contributed by atoms with van der Waals surface area (Å²) >= 11 is 0. The number of hydrogen-bond donors (Lipinski definition) is 1. The average Bonchev–Trinajstić information content (AvgIpc) is 2.97. The van der Waals surface area contributed by atoms with Gasteiger partial charge >= 0.3 is 0 Å². The highest BCUT2D eigenvalue weighted by molar-refractivity contribution is 5.95. The maximum atomic E-state index is 12.1. The molecule has 0 bridgehead atoms. The van der Waals surface area contributed by atoms with Crippen molar-refractivity contribution < 1.29 is 14.1 Å². The van der Waals surface area contributed by atoms with Gasteiger partial charge in [0.2, 0.25) is 11.8 Å². The fourth-order valence-electron chi connectivity index (χ4n) is 2.50. The quantitative estimate of drug-likeness (QED) is 0.549. The van der Waals surface area contributed by atoms with Crippen molar-refractivity contribution in [2.45, 2.75) is 20.3 Å². The first-order valence-electron chi connectivity index (χ1n) is 7.88. The number of para-hydroxylation sites is 1. The minimum atomic E-state index is -0.478. The molecular formula is C18H17N3O4. The van der Waals surface area contributed by atoms with Crippen molar-refractivity contribution in [1.82, 2.24) is 4.98 Å². The van der Waals surface area contributed by atoms with Gasteiger partial charge in [-0.1, -0.05) is 26.0 Å². The largest absolute Gasteiger partial charge is 0.436 e. The summed E-state index contributed by atoms with van der Waals surface area (Å²) in [7, 11) is 0. The van der Waals surface area contributed by atoms with E-state index in [1.165, 1.54) is 18.2 Å². The Labute approximate surface area is 143 Å². The first kappa shape index (κ1) is 16.6. The van der Waals surface area contributed by atoms with Crippen molar-refractivity contribution in [2.24, 2.45) is 5.92 Å². The van der Waals surface area contributed by atoms with Gasteiger partial charge < -0.3 is 9.73 Å². The molecule has 0 spiro atoms. The number of carbonyl (C=O) groups is 1. The minimum absolute atomic E-state index is 0.0501. The molecule has 0 aliphatic heterocycles. The Kier molecular flexibility index (Phi) is 4.47. The van der Waals surface area contributed by atoms with Gasteiger partial charge in [-0.2, -0.15) is 0 Å². The molecule has 128 valence electrons. The molecule has 1 aromatic heterocycles. The van der Waals surface area contributed by atoms with Crippen LogP contribution in [0.5, 0.6) is 0 Å². The lowest BCUT2D eigenvalue weighted by Crippen LogP contribution is -2.14. The van der Waals surface area contributed by atoms with E-state index < -0.39 is 4.92 Å². The number of amides is 1. The van der Waals surface area contributed by atoms with Crippen molar-refractivity contribution in [3.8, 4) is 11.5 Å². The highest BCUT2D eigenvalue weighted by Crippen LogP contribution is 2.31. The van der Waals surface area contributed by atoms with Gasteiger partial charge in [-0.15, -0.1) is 0 Å². The first-order chi connectivity index (χ1) is 11.9. The number of nitrogens with one attached hydrogen (secondary N) is 1. The molecule has 2 aromatic carbocycles. The third-order valence-electron chi connectivity index (χ3n) is 3.61.